The molecule has 0 bridgehead atoms. The monoisotopic (exact) mass is 319 g/mol. The smallest absolute Gasteiger partial charge is 0.317 e. The lowest BCUT2D eigenvalue weighted by atomic mass is 9.92. The molecule has 0 aliphatic carbocycles. The first kappa shape index (κ1) is 17.6. The summed E-state index contributed by atoms with van der Waals surface area (Å²) in [5.41, 5.74) is 3.49. The number of likely N-dealkylation sites (tertiary alicyclic amines) is 1. The molecule has 0 aromatic heterocycles. The van der Waals surface area contributed by atoms with E-state index in [0.29, 0.717) is 12.5 Å². The number of amides is 2. The molecule has 1 fully saturated rings. The standard InChI is InChI=1S/C18H29N3O2/c1-13-11-17(20(3)4)6-5-16(13)12-19-18(23)21-9-7-15(8-10-21)14(2)22/h5-6,11,14-15,22H,7-10,12H2,1-4H3,(H,19,23). The zero-order chi connectivity index (χ0) is 17.0. The molecule has 2 rings (SSSR count). The molecule has 128 valence electrons. The molecule has 23 heavy (non-hydrogen) atoms. The number of carbonyl (C=O) groups excluding carboxylic acids is 1. The van der Waals surface area contributed by atoms with E-state index in [1.165, 1.54) is 5.56 Å². The van der Waals surface area contributed by atoms with Crippen LogP contribution in [-0.4, -0.2) is 49.3 Å². The van der Waals surface area contributed by atoms with Crippen molar-refractivity contribution >= 4 is 11.7 Å². The zero-order valence-corrected chi connectivity index (χ0v) is 14.7. The quantitative estimate of drug-likeness (QED) is 0.896. The number of nitrogens with zero attached hydrogens (tertiary/aromatic N) is 2. The molecule has 1 aliphatic rings. The van der Waals surface area contributed by atoms with Gasteiger partial charge in [0.1, 0.15) is 0 Å². The number of nitrogens with one attached hydrogen (secondary N) is 1. The second kappa shape index (κ2) is 7.68. The van der Waals surface area contributed by atoms with Gasteiger partial charge in [-0.3, -0.25) is 0 Å². The predicted molar refractivity (Wildman–Crippen MR) is 93.7 cm³/mol. The van der Waals surface area contributed by atoms with Crippen molar-refractivity contribution in [3.63, 3.8) is 0 Å². The van der Waals surface area contributed by atoms with Gasteiger partial charge in [0.25, 0.3) is 0 Å². The Labute approximate surface area is 139 Å². The van der Waals surface area contributed by atoms with Crippen molar-refractivity contribution in [2.45, 2.75) is 39.3 Å². The number of aryl methyl sites for hydroxylation is 1. The van der Waals surface area contributed by atoms with Crippen molar-refractivity contribution in [2.24, 2.45) is 5.92 Å². The lowest BCUT2D eigenvalue weighted by Gasteiger charge is -2.33. The Bertz CT molecular complexity index is 535. The third kappa shape index (κ3) is 4.61. The molecule has 1 aromatic rings. The molecule has 2 amide bonds. The van der Waals surface area contributed by atoms with E-state index in [2.05, 4.69) is 35.3 Å². The third-order valence-corrected chi connectivity index (χ3v) is 4.78. The zero-order valence-electron chi connectivity index (χ0n) is 14.7. The van der Waals surface area contributed by atoms with E-state index < -0.39 is 0 Å². The van der Waals surface area contributed by atoms with Gasteiger partial charge in [0, 0.05) is 39.4 Å². The van der Waals surface area contributed by atoms with Crippen molar-refractivity contribution in [3.05, 3.63) is 29.3 Å². The average molecular weight is 319 g/mol. The maximum Gasteiger partial charge on any atom is 0.317 e. The van der Waals surface area contributed by atoms with Crippen molar-refractivity contribution in [2.75, 3.05) is 32.1 Å². The van der Waals surface area contributed by atoms with Crippen molar-refractivity contribution in [1.29, 1.82) is 0 Å². The summed E-state index contributed by atoms with van der Waals surface area (Å²) >= 11 is 0. The number of piperidine rings is 1. The van der Waals surface area contributed by atoms with Gasteiger partial charge in [0.05, 0.1) is 6.10 Å². The number of rotatable bonds is 4. The molecular formula is C18H29N3O2. The minimum Gasteiger partial charge on any atom is -0.393 e. The van der Waals surface area contributed by atoms with E-state index in [4.69, 9.17) is 0 Å². The van der Waals surface area contributed by atoms with E-state index in [1.54, 1.807) is 0 Å². The van der Waals surface area contributed by atoms with Crippen LogP contribution in [0.4, 0.5) is 10.5 Å². The van der Waals surface area contributed by atoms with Gasteiger partial charge in [-0.05, 0) is 55.9 Å². The van der Waals surface area contributed by atoms with Gasteiger partial charge in [0.2, 0.25) is 0 Å². The summed E-state index contributed by atoms with van der Waals surface area (Å²) in [6.45, 7) is 5.90. The van der Waals surface area contributed by atoms with Gasteiger partial charge in [-0.2, -0.15) is 0 Å². The average Bonchev–Trinajstić information content (AvgIpc) is 2.53. The number of aliphatic hydroxyl groups excluding tert-OH is 1. The summed E-state index contributed by atoms with van der Waals surface area (Å²) in [7, 11) is 4.04. The van der Waals surface area contributed by atoms with Crippen LogP contribution in [0.25, 0.3) is 0 Å². The van der Waals surface area contributed by atoms with Crippen LogP contribution in [0.1, 0.15) is 30.9 Å². The topological polar surface area (TPSA) is 55.8 Å². The SMILES string of the molecule is Cc1cc(N(C)C)ccc1CNC(=O)N1CCC(C(C)O)CC1. The first-order chi connectivity index (χ1) is 10.9. The molecule has 1 unspecified atom stereocenters. The molecule has 1 atom stereocenters. The Morgan fingerprint density at radius 1 is 1.39 bits per heavy atom. The molecule has 1 heterocycles. The highest BCUT2D eigenvalue weighted by Gasteiger charge is 2.25. The maximum atomic E-state index is 12.3. The summed E-state index contributed by atoms with van der Waals surface area (Å²) in [4.78, 5) is 16.2. The lowest BCUT2D eigenvalue weighted by Crippen LogP contribution is -2.45. The second-order valence-electron chi connectivity index (χ2n) is 6.73. The summed E-state index contributed by atoms with van der Waals surface area (Å²) in [5.74, 6) is 0.319. The Kier molecular flexibility index (Phi) is 5.88. The van der Waals surface area contributed by atoms with E-state index in [-0.39, 0.29) is 12.1 Å². The number of aliphatic hydroxyl groups is 1. The maximum absolute atomic E-state index is 12.3. The highest BCUT2D eigenvalue weighted by Crippen LogP contribution is 2.21. The fraction of sp³-hybridized carbons (Fsp3) is 0.611. The molecule has 0 saturated carbocycles. The number of hydrogen-bond donors (Lipinski definition) is 2. The van der Waals surface area contributed by atoms with Crippen molar-refractivity contribution < 1.29 is 9.90 Å². The van der Waals surface area contributed by atoms with E-state index in [9.17, 15) is 9.90 Å². The van der Waals surface area contributed by atoms with Crippen LogP contribution in [0.3, 0.4) is 0 Å². The molecule has 0 radical (unpaired) electrons. The normalized spacial score (nSPS) is 17.0. The van der Waals surface area contributed by atoms with Crippen molar-refractivity contribution in [3.8, 4) is 0 Å². The van der Waals surface area contributed by atoms with E-state index >= 15 is 0 Å². The van der Waals surface area contributed by atoms with Gasteiger partial charge in [0.15, 0.2) is 0 Å². The first-order valence-corrected chi connectivity index (χ1v) is 8.36. The minimum absolute atomic E-state index is 0.00914. The molecule has 5 nitrogen and oxygen atoms in total. The Hall–Kier alpha value is -1.75. The number of carbonyl (C=O) groups is 1. The third-order valence-electron chi connectivity index (χ3n) is 4.78. The second-order valence-corrected chi connectivity index (χ2v) is 6.73. The van der Waals surface area contributed by atoms with Crippen LogP contribution >= 0.6 is 0 Å². The molecular weight excluding hydrogens is 290 g/mol. The Balaban J connectivity index is 1.85. The van der Waals surface area contributed by atoms with Crippen molar-refractivity contribution in [1.82, 2.24) is 10.2 Å². The highest BCUT2D eigenvalue weighted by molar-refractivity contribution is 5.74. The van der Waals surface area contributed by atoms with Crippen LogP contribution in [0.5, 0.6) is 0 Å². The van der Waals surface area contributed by atoms with E-state index in [0.717, 1.165) is 37.2 Å². The summed E-state index contributed by atoms with van der Waals surface area (Å²) in [6, 6.07) is 6.27. The molecule has 1 saturated heterocycles. The fourth-order valence-corrected chi connectivity index (χ4v) is 3.02. The fourth-order valence-electron chi connectivity index (χ4n) is 3.02. The van der Waals surface area contributed by atoms with Gasteiger partial charge >= 0.3 is 6.03 Å². The number of urea groups is 1. The first-order valence-electron chi connectivity index (χ1n) is 8.36. The molecule has 1 aliphatic heterocycles. The summed E-state index contributed by atoms with van der Waals surface area (Å²) in [6.07, 6.45) is 1.47. The largest absolute Gasteiger partial charge is 0.393 e. The predicted octanol–water partition coefficient (Wildman–Crippen LogP) is 2.36. The van der Waals surface area contributed by atoms with Gasteiger partial charge < -0.3 is 20.2 Å². The number of benzene rings is 1. The van der Waals surface area contributed by atoms with Gasteiger partial charge in [-0.25, -0.2) is 4.79 Å². The number of anilines is 1. The minimum atomic E-state index is -0.280. The lowest BCUT2D eigenvalue weighted by molar-refractivity contribution is 0.0798. The van der Waals surface area contributed by atoms with Crippen LogP contribution in [0, 0.1) is 12.8 Å². The molecule has 2 N–H and O–H groups in total. The summed E-state index contributed by atoms with van der Waals surface area (Å²) < 4.78 is 0. The Morgan fingerprint density at radius 3 is 2.57 bits per heavy atom. The Morgan fingerprint density at radius 2 is 2.04 bits per heavy atom. The van der Waals surface area contributed by atoms with Crippen LogP contribution in [0.15, 0.2) is 18.2 Å². The van der Waals surface area contributed by atoms with E-state index in [1.807, 2.05) is 25.9 Å². The van der Waals surface area contributed by atoms with Gasteiger partial charge in [-0.1, -0.05) is 6.07 Å². The molecule has 0 spiro atoms. The molecule has 1 aromatic carbocycles. The van der Waals surface area contributed by atoms with Crippen LogP contribution in [-0.2, 0) is 6.54 Å². The molecule has 5 heteroatoms. The summed E-state index contributed by atoms with van der Waals surface area (Å²) in [5, 5.41) is 12.6. The van der Waals surface area contributed by atoms with Crippen LogP contribution < -0.4 is 10.2 Å². The van der Waals surface area contributed by atoms with Gasteiger partial charge in [-0.15, -0.1) is 0 Å². The van der Waals surface area contributed by atoms with Crippen LogP contribution in [0.2, 0.25) is 0 Å². The highest BCUT2D eigenvalue weighted by atomic mass is 16.3. The number of hydrogen-bond acceptors (Lipinski definition) is 3.